The Hall–Kier alpha value is -1.97. The zero-order valence-electron chi connectivity index (χ0n) is 13.6. The van der Waals surface area contributed by atoms with Crippen LogP contribution in [-0.4, -0.2) is 62.7 Å². The SMILES string of the molecule is CCc1c(O[C@@H]2O[C@H](CO)[C@@H](O)[C@H](O)[C@H]2O)c2ccccc2[nH]c1=O. The number of aromatic amines is 1. The molecule has 2 aromatic rings. The molecule has 1 aromatic carbocycles. The molecule has 1 aliphatic heterocycles. The maximum Gasteiger partial charge on any atom is 0.255 e. The molecule has 1 fully saturated rings. The first kappa shape index (κ1) is 17.8. The molecule has 3 rings (SSSR count). The predicted molar refractivity (Wildman–Crippen MR) is 88.3 cm³/mol. The Morgan fingerprint density at radius 3 is 2.56 bits per heavy atom. The van der Waals surface area contributed by atoms with Crippen molar-refractivity contribution in [3.63, 3.8) is 0 Å². The molecule has 1 aliphatic rings. The Morgan fingerprint density at radius 1 is 1.16 bits per heavy atom. The number of rotatable bonds is 4. The van der Waals surface area contributed by atoms with Gasteiger partial charge in [-0.15, -0.1) is 0 Å². The Kier molecular flexibility index (Phi) is 5.07. The lowest BCUT2D eigenvalue weighted by Crippen LogP contribution is -2.60. The van der Waals surface area contributed by atoms with Crippen LogP contribution in [0.5, 0.6) is 5.75 Å². The molecule has 25 heavy (non-hydrogen) atoms. The normalized spacial score (nSPS) is 29.7. The Labute approximate surface area is 143 Å². The highest BCUT2D eigenvalue weighted by atomic mass is 16.7. The van der Waals surface area contributed by atoms with Gasteiger partial charge in [-0.3, -0.25) is 4.79 Å². The van der Waals surface area contributed by atoms with Crippen LogP contribution in [0.1, 0.15) is 12.5 Å². The average Bonchev–Trinajstić information content (AvgIpc) is 2.62. The number of aromatic nitrogens is 1. The number of pyridine rings is 1. The highest BCUT2D eigenvalue weighted by Crippen LogP contribution is 2.30. The second-order valence-corrected chi connectivity index (χ2v) is 5.98. The topological polar surface area (TPSA) is 132 Å². The van der Waals surface area contributed by atoms with Gasteiger partial charge in [0.15, 0.2) is 0 Å². The number of H-pyrrole nitrogens is 1. The first-order valence-electron chi connectivity index (χ1n) is 8.09. The number of hydrogen-bond acceptors (Lipinski definition) is 7. The van der Waals surface area contributed by atoms with E-state index in [9.17, 15) is 25.2 Å². The van der Waals surface area contributed by atoms with Crippen LogP contribution < -0.4 is 10.3 Å². The second kappa shape index (κ2) is 7.11. The summed E-state index contributed by atoms with van der Waals surface area (Å²) in [5.41, 5.74) is 0.612. The Balaban J connectivity index is 2.03. The van der Waals surface area contributed by atoms with Gasteiger partial charge in [-0.25, -0.2) is 0 Å². The van der Waals surface area contributed by atoms with Gasteiger partial charge in [-0.1, -0.05) is 19.1 Å². The summed E-state index contributed by atoms with van der Waals surface area (Å²) in [5.74, 6) is 0.242. The van der Waals surface area contributed by atoms with E-state index in [2.05, 4.69) is 4.98 Å². The maximum absolute atomic E-state index is 12.3. The number of aliphatic hydroxyl groups excluding tert-OH is 4. The van der Waals surface area contributed by atoms with Crippen LogP contribution in [0.15, 0.2) is 29.1 Å². The fourth-order valence-corrected chi connectivity index (χ4v) is 2.99. The maximum atomic E-state index is 12.3. The molecule has 0 aliphatic carbocycles. The summed E-state index contributed by atoms with van der Waals surface area (Å²) in [7, 11) is 0. The molecule has 2 heterocycles. The van der Waals surface area contributed by atoms with Crippen LogP contribution in [0.2, 0.25) is 0 Å². The van der Waals surface area contributed by atoms with E-state index in [1.807, 2.05) is 0 Å². The van der Waals surface area contributed by atoms with Crippen molar-refractivity contribution in [2.45, 2.75) is 44.1 Å². The second-order valence-electron chi connectivity index (χ2n) is 5.98. The van der Waals surface area contributed by atoms with Gasteiger partial charge >= 0.3 is 0 Å². The van der Waals surface area contributed by atoms with E-state index in [1.54, 1.807) is 31.2 Å². The van der Waals surface area contributed by atoms with Gasteiger partial charge in [0, 0.05) is 5.39 Å². The molecule has 136 valence electrons. The Morgan fingerprint density at radius 2 is 1.88 bits per heavy atom. The van der Waals surface area contributed by atoms with E-state index in [4.69, 9.17) is 9.47 Å². The number of para-hydroxylation sites is 1. The monoisotopic (exact) mass is 351 g/mol. The summed E-state index contributed by atoms with van der Waals surface area (Å²) in [4.78, 5) is 15.0. The molecule has 8 heteroatoms. The van der Waals surface area contributed by atoms with Gasteiger partial charge in [-0.05, 0) is 18.6 Å². The molecule has 0 bridgehead atoms. The zero-order chi connectivity index (χ0) is 18.1. The molecule has 0 saturated carbocycles. The summed E-state index contributed by atoms with van der Waals surface area (Å²) < 4.78 is 11.1. The summed E-state index contributed by atoms with van der Waals surface area (Å²) in [6, 6.07) is 7.02. The largest absolute Gasteiger partial charge is 0.461 e. The third kappa shape index (κ3) is 3.14. The van der Waals surface area contributed by atoms with Gasteiger partial charge in [-0.2, -0.15) is 0 Å². The lowest BCUT2D eigenvalue weighted by Gasteiger charge is -2.39. The van der Waals surface area contributed by atoms with Gasteiger partial charge in [0.1, 0.15) is 30.2 Å². The lowest BCUT2D eigenvalue weighted by molar-refractivity contribution is -0.277. The van der Waals surface area contributed by atoms with E-state index in [0.29, 0.717) is 22.9 Å². The minimum Gasteiger partial charge on any atom is -0.461 e. The molecule has 8 nitrogen and oxygen atoms in total. The minimum atomic E-state index is -1.55. The highest BCUT2D eigenvalue weighted by Gasteiger charge is 2.45. The van der Waals surface area contributed by atoms with Crippen molar-refractivity contribution in [1.29, 1.82) is 0 Å². The Bertz CT molecular complexity index is 803. The van der Waals surface area contributed by atoms with E-state index in [-0.39, 0.29) is 11.3 Å². The van der Waals surface area contributed by atoms with Gasteiger partial charge in [0.05, 0.1) is 17.7 Å². The number of aliphatic hydroxyl groups is 4. The number of benzene rings is 1. The predicted octanol–water partition coefficient (Wildman–Crippen LogP) is -0.731. The highest BCUT2D eigenvalue weighted by molar-refractivity contribution is 5.86. The van der Waals surface area contributed by atoms with Crippen molar-refractivity contribution in [3.05, 3.63) is 40.2 Å². The van der Waals surface area contributed by atoms with Crippen LogP contribution in [0.4, 0.5) is 0 Å². The van der Waals surface area contributed by atoms with Gasteiger partial charge in [0.2, 0.25) is 6.29 Å². The van der Waals surface area contributed by atoms with E-state index in [0.717, 1.165) is 0 Å². The first-order valence-corrected chi connectivity index (χ1v) is 8.09. The van der Waals surface area contributed by atoms with Crippen LogP contribution in [0.25, 0.3) is 10.9 Å². The lowest BCUT2D eigenvalue weighted by atomic mass is 9.99. The number of ether oxygens (including phenoxy) is 2. The fourth-order valence-electron chi connectivity index (χ4n) is 2.99. The molecule has 1 aromatic heterocycles. The third-order valence-electron chi connectivity index (χ3n) is 4.40. The van der Waals surface area contributed by atoms with Crippen molar-refractivity contribution >= 4 is 10.9 Å². The summed E-state index contributed by atoms with van der Waals surface area (Å²) in [5, 5.41) is 39.8. The fraction of sp³-hybridized carbons (Fsp3) is 0.471. The summed E-state index contributed by atoms with van der Waals surface area (Å²) >= 11 is 0. The van der Waals surface area contributed by atoms with Crippen LogP contribution in [-0.2, 0) is 11.2 Å². The molecular weight excluding hydrogens is 330 g/mol. The summed E-state index contributed by atoms with van der Waals surface area (Å²) in [6.45, 7) is 1.24. The summed E-state index contributed by atoms with van der Waals surface area (Å²) in [6.07, 6.45) is -6.60. The van der Waals surface area contributed by atoms with Gasteiger partial charge in [0.25, 0.3) is 5.56 Å². The van der Waals surface area contributed by atoms with Crippen molar-refractivity contribution in [1.82, 2.24) is 4.98 Å². The number of fused-ring (bicyclic) bond motifs is 1. The molecule has 5 N–H and O–H groups in total. The van der Waals surface area contributed by atoms with Crippen molar-refractivity contribution in [2.75, 3.05) is 6.61 Å². The quantitative estimate of drug-likeness (QED) is 0.490. The van der Waals surface area contributed by atoms with E-state index in [1.165, 1.54) is 0 Å². The van der Waals surface area contributed by atoms with Crippen molar-refractivity contribution in [3.8, 4) is 5.75 Å². The molecule has 0 amide bonds. The minimum absolute atomic E-state index is 0.242. The molecule has 5 atom stereocenters. The van der Waals surface area contributed by atoms with E-state index >= 15 is 0 Å². The smallest absolute Gasteiger partial charge is 0.255 e. The molecule has 1 saturated heterocycles. The zero-order valence-corrected chi connectivity index (χ0v) is 13.6. The molecule has 0 radical (unpaired) electrons. The average molecular weight is 351 g/mol. The number of hydrogen-bond donors (Lipinski definition) is 5. The van der Waals surface area contributed by atoms with Crippen LogP contribution >= 0.6 is 0 Å². The standard InChI is InChI=1S/C17H21NO7/c1-2-8-15(9-5-3-4-6-10(9)18-16(8)23)25-17-14(22)13(21)12(20)11(7-19)24-17/h3-6,11-14,17,19-22H,2,7H2,1H3,(H,18,23)/t11-,12-,13+,14-,17+/m1/s1. The first-order chi connectivity index (χ1) is 12.0. The van der Waals surface area contributed by atoms with Crippen molar-refractivity contribution in [2.24, 2.45) is 0 Å². The van der Waals surface area contributed by atoms with Crippen molar-refractivity contribution < 1.29 is 29.9 Å². The molecular formula is C17H21NO7. The molecule has 0 unspecified atom stereocenters. The number of nitrogens with one attached hydrogen (secondary N) is 1. The molecule has 0 spiro atoms. The van der Waals surface area contributed by atoms with Crippen LogP contribution in [0.3, 0.4) is 0 Å². The third-order valence-corrected chi connectivity index (χ3v) is 4.40. The van der Waals surface area contributed by atoms with E-state index < -0.39 is 37.3 Å². The van der Waals surface area contributed by atoms with Gasteiger partial charge < -0.3 is 34.9 Å². The van der Waals surface area contributed by atoms with Crippen LogP contribution in [0, 0.1) is 0 Å².